The zero-order chi connectivity index (χ0) is 13.8. The number of ether oxygens (including phenoxy) is 1. The van der Waals surface area contributed by atoms with Gasteiger partial charge in [0.2, 0.25) is 0 Å². The van der Waals surface area contributed by atoms with Gasteiger partial charge in [0, 0.05) is 31.4 Å². The molecule has 6 nitrogen and oxygen atoms in total. The highest BCUT2D eigenvalue weighted by molar-refractivity contribution is 4.94. The summed E-state index contributed by atoms with van der Waals surface area (Å²) < 4.78 is 7.53. The zero-order valence-corrected chi connectivity index (χ0v) is 12.3. The average Bonchev–Trinajstić information content (AvgIpc) is 3.35. The number of likely N-dealkylation sites (N-methyl/N-ethyl adjacent to an activating group) is 1. The Labute approximate surface area is 120 Å². The Morgan fingerprint density at radius 3 is 2.95 bits per heavy atom. The zero-order valence-electron chi connectivity index (χ0n) is 12.3. The third-order valence-electron chi connectivity index (χ3n) is 3.96. The van der Waals surface area contributed by atoms with Gasteiger partial charge in [0.1, 0.15) is 0 Å². The van der Waals surface area contributed by atoms with Crippen LogP contribution in [0.2, 0.25) is 0 Å². The second-order valence-electron chi connectivity index (χ2n) is 5.95. The number of aromatic nitrogens is 3. The molecule has 3 rings (SSSR count). The van der Waals surface area contributed by atoms with Gasteiger partial charge in [-0.05, 0) is 32.7 Å². The molecule has 0 atom stereocenters. The lowest BCUT2D eigenvalue weighted by Gasteiger charge is -2.15. The van der Waals surface area contributed by atoms with E-state index in [2.05, 4.69) is 27.6 Å². The summed E-state index contributed by atoms with van der Waals surface area (Å²) in [7, 11) is 2.18. The molecule has 0 spiro atoms. The van der Waals surface area contributed by atoms with E-state index in [1.165, 1.54) is 25.7 Å². The van der Waals surface area contributed by atoms with Crippen LogP contribution in [-0.4, -0.2) is 58.8 Å². The summed E-state index contributed by atoms with van der Waals surface area (Å²) in [5.74, 6) is 0. The minimum Gasteiger partial charge on any atom is -0.378 e. The van der Waals surface area contributed by atoms with Gasteiger partial charge in [-0.1, -0.05) is 5.21 Å². The van der Waals surface area contributed by atoms with Gasteiger partial charge in [0.05, 0.1) is 25.5 Å². The Balaban J connectivity index is 1.25. The molecule has 0 unspecified atom stereocenters. The van der Waals surface area contributed by atoms with E-state index < -0.39 is 0 Å². The standard InChI is InChI=1S/C14H25N5O/c1-18(14-4-5-14)6-8-20-9-7-19-11-13(16-17-19)10-15-12-2-3-12/h11-12,14-15H,2-10H2,1H3. The maximum Gasteiger partial charge on any atom is 0.0964 e. The topological polar surface area (TPSA) is 55.2 Å². The molecule has 0 aliphatic heterocycles. The first-order chi connectivity index (χ1) is 9.81. The Hall–Kier alpha value is -0.980. The van der Waals surface area contributed by atoms with E-state index in [9.17, 15) is 0 Å². The predicted molar refractivity (Wildman–Crippen MR) is 76.4 cm³/mol. The molecule has 2 saturated carbocycles. The van der Waals surface area contributed by atoms with Crippen molar-refractivity contribution in [3.8, 4) is 0 Å². The van der Waals surface area contributed by atoms with Crippen LogP contribution in [0.25, 0.3) is 0 Å². The highest BCUT2D eigenvalue weighted by Crippen LogP contribution is 2.24. The summed E-state index contributed by atoms with van der Waals surface area (Å²) >= 11 is 0. The molecule has 0 aromatic carbocycles. The summed E-state index contributed by atoms with van der Waals surface area (Å²) in [5, 5.41) is 11.7. The van der Waals surface area contributed by atoms with Crippen LogP contribution in [0.1, 0.15) is 31.4 Å². The van der Waals surface area contributed by atoms with Crippen LogP contribution in [0.3, 0.4) is 0 Å². The maximum absolute atomic E-state index is 5.66. The van der Waals surface area contributed by atoms with Crippen LogP contribution in [0.15, 0.2) is 6.20 Å². The Kier molecular flexibility index (Phi) is 4.65. The third-order valence-corrected chi connectivity index (χ3v) is 3.96. The first-order valence-corrected chi connectivity index (χ1v) is 7.71. The second-order valence-corrected chi connectivity index (χ2v) is 5.95. The number of hydrogen-bond acceptors (Lipinski definition) is 5. The van der Waals surface area contributed by atoms with E-state index in [0.717, 1.165) is 38.0 Å². The summed E-state index contributed by atoms with van der Waals surface area (Å²) in [5.41, 5.74) is 1.02. The van der Waals surface area contributed by atoms with Crippen molar-refractivity contribution in [1.82, 2.24) is 25.2 Å². The predicted octanol–water partition coefficient (Wildman–Crippen LogP) is 0.641. The monoisotopic (exact) mass is 279 g/mol. The molecule has 1 aromatic rings. The molecule has 2 aliphatic rings. The molecule has 1 aromatic heterocycles. The number of nitrogens with zero attached hydrogens (tertiary/aromatic N) is 4. The minimum atomic E-state index is 0.706. The molecular formula is C14H25N5O. The lowest BCUT2D eigenvalue weighted by molar-refractivity contribution is 0.101. The van der Waals surface area contributed by atoms with E-state index in [-0.39, 0.29) is 0 Å². The molecular weight excluding hydrogens is 254 g/mol. The molecule has 0 bridgehead atoms. The lowest BCUT2D eigenvalue weighted by atomic mass is 10.4. The largest absolute Gasteiger partial charge is 0.378 e. The maximum atomic E-state index is 5.66. The Bertz CT molecular complexity index is 413. The van der Waals surface area contributed by atoms with E-state index >= 15 is 0 Å². The van der Waals surface area contributed by atoms with Crippen LogP contribution < -0.4 is 5.32 Å². The molecule has 0 radical (unpaired) electrons. The quantitative estimate of drug-likeness (QED) is 0.637. The Morgan fingerprint density at radius 2 is 2.20 bits per heavy atom. The second kappa shape index (κ2) is 6.65. The van der Waals surface area contributed by atoms with Crippen molar-refractivity contribution in [2.75, 3.05) is 26.8 Å². The molecule has 6 heteroatoms. The van der Waals surface area contributed by atoms with Crippen LogP contribution in [0, 0.1) is 0 Å². The summed E-state index contributed by atoms with van der Waals surface area (Å²) in [6.45, 7) is 4.15. The summed E-state index contributed by atoms with van der Waals surface area (Å²) in [6.07, 6.45) is 7.32. The smallest absolute Gasteiger partial charge is 0.0964 e. The SMILES string of the molecule is CN(CCOCCn1cc(CNC2CC2)nn1)C1CC1. The number of hydrogen-bond donors (Lipinski definition) is 1. The van der Waals surface area contributed by atoms with Crippen molar-refractivity contribution < 1.29 is 4.74 Å². The van der Waals surface area contributed by atoms with Crippen LogP contribution in [0.4, 0.5) is 0 Å². The molecule has 0 amide bonds. The third kappa shape index (κ3) is 4.54. The van der Waals surface area contributed by atoms with Crippen molar-refractivity contribution in [2.24, 2.45) is 0 Å². The van der Waals surface area contributed by atoms with Crippen molar-refractivity contribution in [3.05, 3.63) is 11.9 Å². The van der Waals surface area contributed by atoms with Crippen molar-refractivity contribution in [1.29, 1.82) is 0 Å². The van der Waals surface area contributed by atoms with Gasteiger partial charge in [-0.25, -0.2) is 4.68 Å². The van der Waals surface area contributed by atoms with Gasteiger partial charge >= 0.3 is 0 Å². The van der Waals surface area contributed by atoms with E-state index in [1.54, 1.807) is 0 Å². The van der Waals surface area contributed by atoms with E-state index in [4.69, 9.17) is 4.74 Å². The molecule has 20 heavy (non-hydrogen) atoms. The number of rotatable bonds is 10. The summed E-state index contributed by atoms with van der Waals surface area (Å²) in [6, 6.07) is 1.53. The first-order valence-electron chi connectivity index (χ1n) is 7.71. The first kappa shape index (κ1) is 14.0. The fraction of sp³-hybridized carbons (Fsp3) is 0.857. The van der Waals surface area contributed by atoms with Gasteiger partial charge in [0.25, 0.3) is 0 Å². The van der Waals surface area contributed by atoms with Crippen molar-refractivity contribution in [3.63, 3.8) is 0 Å². The van der Waals surface area contributed by atoms with Gasteiger partial charge < -0.3 is 15.0 Å². The highest BCUT2D eigenvalue weighted by atomic mass is 16.5. The van der Waals surface area contributed by atoms with Crippen molar-refractivity contribution >= 4 is 0 Å². The molecule has 1 heterocycles. The molecule has 112 valence electrons. The van der Waals surface area contributed by atoms with Crippen LogP contribution >= 0.6 is 0 Å². The highest BCUT2D eigenvalue weighted by Gasteiger charge is 2.25. The molecule has 2 aliphatic carbocycles. The Morgan fingerprint density at radius 1 is 1.35 bits per heavy atom. The van der Waals surface area contributed by atoms with Gasteiger partial charge in [-0.3, -0.25) is 0 Å². The van der Waals surface area contributed by atoms with Crippen molar-refractivity contribution in [2.45, 2.75) is 50.9 Å². The number of nitrogens with one attached hydrogen (secondary N) is 1. The molecule has 0 saturated heterocycles. The van der Waals surface area contributed by atoms with E-state index in [0.29, 0.717) is 12.6 Å². The summed E-state index contributed by atoms with van der Waals surface area (Å²) in [4.78, 5) is 2.39. The van der Waals surface area contributed by atoms with Crippen LogP contribution in [0.5, 0.6) is 0 Å². The van der Waals surface area contributed by atoms with Crippen LogP contribution in [-0.2, 0) is 17.8 Å². The molecule has 2 fully saturated rings. The fourth-order valence-corrected chi connectivity index (χ4v) is 2.23. The van der Waals surface area contributed by atoms with Gasteiger partial charge in [-0.15, -0.1) is 5.10 Å². The lowest BCUT2D eigenvalue weighted by Crippen LogP contribution is -2.25. The van der Waals surface area contributed by atoms with E-state index in [1.807, 2.05) is 10.9 Å². The fourth-order valence-electron chi connectivity index (χ4n) is 2.23. The average molecular weight is 279 g/mol. The van der Waals surface area contributed by atoms with Gasteiger partial charge in [0.15, 0.2) is 0 Å². The molecule has 1 N–H and O–H groups in total. The normalized spacial score (nSPS) is 18.9. The van der Waals surface area contributed by atoms with Gasteiger partial charge in [-0.2, -0.15) is 0 Å². The minimum absolute atomic E-state index is 0.706.